The fraction of sp³-hybridized carbons (Fsp3) is 0.393. The lowest BCUT2D eigenvalue weighted by atomic mass is 10.1. The molecule has 3 heterocycles. The fourth-order valence-corrected chi connectivity index (χ4v) is 6.41. The van der Waals surface area contributed by atoms with Gasteiger partial charge in [-0.3, -0.25) is 14.5 Å². The number of hydrogen-bond acceptors (Lipinski definition) is 7. The topological polar surface area (TPSA) is 111 Å². The second kappa shape index (κ2) is 11.8. The average molecular weight is 604 g/mol. The number of nitrogens with zero attached hydrogens (tertiary/aromatic N) is 5. The van der Waals surface area contributed by atoms with Gasteiger partial charge in [0.05, 0.1) is 18.0 Å². The number of anilines is 4. The number of hydrogen-bond donors (Lipinski definition) is 2. The second-order valence-electron chi connectivity index (χ2n) is 10.9. The van der Waals surface area contributed by atoms with Crippen molar-refractivity contribution in [3.05, 3.63) is 71.4 Å². The van der Waals surface area contributed by atoms with E-state index in [9.17, 15) is 22.0 Å². The van der Waals surface area contributed by atoms with Gasteiger partial charge in [-0.25, -0.2) is 31.4 Å². The van der Waals surface area contributed by atoms with Crippen LogP contribution in [-0.2, 0) is 22.3 Å². The van der Waals surface area contributed by atoms with Crippen LogP contribution < -0.4 is 19.8 Å². The Hall–Kier alpha value is -3.91. The van der Waals surface area contributed by atoms with Crippen molar-refractivity contribution in [1.29, 1.82) is 0 Å². The third-order valence-electron chi connectivity index (χ3n) is 7.07. The summed E-state index contributed by atoms with van der Waals surface area (Å²) in [6.07, 6.45) is 0.959. The van der Waals surface area contributed by atoms with Gasteiger partial charge in [-0.15, -0.1) is 0 Å². The number of halogens is 3. The van der Waals surface area contributed by atoms with Crippen LogP contribution in [0.15, 0.2) is 48.7 Å². The molecule has 42 heavy (non-hydrogen) atoms. The molecule has 0 spiro atoms. The Morgan fingerprint density at radius 2 is 1.83 bits per heavy atom. The van der Waals surface area contributed by atoms with E-state index in [4.69, 9.17) is 0 Å². The lowest BCUT2D eigenvalue weighted by Crippen LogP contribution is -2.51. The lowest BCUT2D eigenvalue weighted by Gasteiger charge is -2.38. The van der Waals surface area contributed by atoms with E-state index in [1.807, 2.05) is 25.8 Å². The fourth-order valence-electron chi connectivity index (χ4n) is 5.21. The lowest BCUT2D eigenvalue weighted by molar-refractivity contribution is 0.153. The number of rotatable bonds is 8. The maximum absolute atomic E-state index is 15.1. The highest BCUT2D eigenvalue weighted by Gasteiger charge is 2.35. The van der Waals surface area contributed by atoms with E-state index >= 15 is 4.39 Å². The summed E-state index contributed by atoms with van der Waals surface area (Å²) in [4.78, 5) is 27.4. The van der Waals surface area contributed by atoms with Gasteiger partial charge < -0.3 is 10.2 Å². The molecule has 5 rings (SSSR count). The van der Waals surface area contributed by atoms with Crippen LogP contribution in [0.25, 0.3) is 0 Å². The first kappa shape index (κ1) is 29.6. The zero-order valence-electron chi connectivity index (χ0n) is 23.4. The minimum atomic E-state index is -4.00. The normalized spacial score (nSPS) is 19.6. The average Bonchev–Trinajstić information content (AvgIpc) is 2.90. The summed E-state index contributed by atoms with van der Waals surface area (Å²) in [6, 6.07) is 7.82. The van der Waals surface area contributed by atoms with Gasteiger partial charge in [0.1, 0.15) is 23.6 Å². The van der Waals surface area contributed by atoms with Crippen LogP contribution in [0.4, 0.5) is 41.1 Å². The van der Waals surface area contributed by atoms with E-state index in [-0.39, 0.29) is 36.0 Å². The minimum Gasteiger partial charge on any atom is -0.350 e. The molecule has 1 aromatic heterocycles. The molecule has 0 aliphatic carbocycles. The maximum atomic E-state index is 15.1. The van der Waals surface area contributed by atoms with Gasteiger partial charge in [0, 0.05) is 49.0 Å². The van der Waals surface area contributed by atoms with Gasteiger partial charge in [-0.2, -0.15) is 4.98 Å². The summed E-state index contributed by atoms with van der Waals surface area (Å²) in [5.41, 5.74) is 0.902. The van der Waals surface area contributed by atoms with Crippen molar-refractivity contribution in [2.45, 2.75) is 50.8 Å². The van der Waals surface area contributed by atoms with Gasteiger partial charge in [-0.1, -0.05) is 12.1 Å². The largest absolute Gasteiger partial charge is 0.350 e. The molecule has 2 aliphatic rings. The van der Waals surface area contributed by atoms with E-state index in [2.05, 4.69) is 20.0 Å². The Morgan fingerprint density at radius 1 is 1.10 bits per heavy atom. The molecule has 10 nitrogen and oxygen atoms in total. The molecule has 2 aromatic carbocycles. The van der Waals surface area contributed by atoms with Crippen molar-refractivity contribution >= 4 is 39.2 Å². The number of likely N-dealkylation sites (tertiary alicyclic amines) is 1. The van der Waals surface area contributed by atoms with Crippen LogP contribution >= 0.6 is 0 Å². The molecule has 0 radical (unpaired) electrons. The Morgan fingerprint density at radius 3 is 2.50 bits per heavy atom. The predicted molar refractivity (Wildman–Crippen MR) is 155 cm³/mol. The number of fused-ring (bicyclic) bond motifs is 1. The number of urea groups is 1. The molecule has 1 fully saturated rings. The molecule has 2 aliphatic heterocycles. The third kappa shape index (κ3) is 6.59. The van der Waals surface area contributed by atoms with Crippen LogP contribution in [0.5, 0.6) is 0 Å². The highest BCUT2D eigenvalue weighted by Crippen LogP contribution is 2.34. The Labute approximate surface area is 242 Å². The molecular formula is C28H32F3N7O3S. The number of amides is 2. The SMILES string of the molecule is CC(C)N1C(=O)N(c2ccc(NS(=O)(=O)Cc3ccc(F)cc3)c(F)c2)Cc2cnc(N[C@H]3C[C@H](F)CN(C)C3)nc21. The third-order valence-corrected chi connectivity index (χ3v) is 8.31. The van der Waals surface area contributed by atoms with E-state index < -0.39 is 39.6 Å². The summed E-state index contributed by atoms with van der Waals surface area (Å²) >= 11 is 0. The minimum absolute atomic E-state index is 0.0610. The van der Waals surface area contributed by atoms with E-state index in [1.54, 1.807) is 6.20 Å². The molecule has 3 aromatic rings. The van der Waals surface area contributed by atoms with Crippen molar-refractivity contribution in [3.63, 3.8) is 0 Å². The van der Waals surface area contributed by atoms with E-state index in [1.165, 1.54) is 34.1 Å². The predicted octanol–water partition coefficient (Wildman–Crippen LogP) is 4.51. The number of likely N-dealkylation sites (N-methyl/N-ethyl adjacent to an activating group) is 1. The quantitative estimate of drug-likeness (QED) is 0.390. The van der Waals surface area contributed by atoms with Gasteiger partial charge in [-0.05, 0) is 56.8 Å². The van der Waals surface area contributed by atoms with Crippen LogP contribution in [0.3, 0.4) is 0 Å². The van der Waals surface area contributed by atoms with Crippen molar-refractivity contribution in [2.75, 3.05) is 40.0 Å². The molecule has 0 saturated carbocycles. The van der Waals surface area contributed by atoms with Crippen LogP contribution in [0.1, 0.15) is 31.4 Å². The summed E-state index contributed by atoms with van der Waals surface area (Å²) in [5, 5.41) is 3.18. The van der Waals surface area contributed by atoms with Crippen molar-refractivity contribution in [3.8, 4) is 0 Å². The smallest absolute Gasteiger partial charge is 0.330 e. The molecule has 2 amide bonds. The van der Waals surface area contributed by atoms with Crippen LogP contribution in [-0.4, -0.2) is 67.7 Å². The molecule has 2 N–H and O–H groups in total. The van der Waals surface area contributed by atoms with Crippen molar-refractivity contribution in [2.24, 2.45) is 0 Å². The summed E-state index contributed by atoms with van der Waals surface area (Å²) < 4.78 is 69.8. The summed E-state index contributed by atoms with van der Waals surface area (Å²) in [5.74, 6) is -1.14. The first-order valence-electron chi connectivity index (χ1n) is 13.5. The van der Waals surface area contributed by atoms with Gasteiger partial charge >= 0.3 is 6.03 Å². The van der Waals surface area contributed by atoms with Crippen LogP contribution in [0, 0.1) is 11.6 Å². The Bertz CT molecular complexity index is 1560. The second-order valence-corrected chi connectivity index (χ2v) is 12.6. The number of benzene rings is 2. The highest BCUT2D eigenvalue weighted by atomic mass is 32.2. The zero-order chi connectivity index (χ0) is 30.2. The van der Waals surface area contributed by atoms with E-state index in [0.717, 1.165) is 18.2 Å². The first-order valence-corrected chi connectivity index (χ1v) is 15.1. The van der Waals surface area contributed by atoms with Crippen LogP contribution in [0.2, 0.25) is 0 Å². The maximum Gasteiger partial charge on any atom is 0.330 e. The molecule has 2 atom stereocenters. The molecule has 14 heteroatoms. The number of carbonyl (C=O) groups is 1. The highest BCUT2D eigenvalue weighted by molar-refractivity contribution is 7.91. The Kier molecular flexibility index (Phi) is 8.28. The zero-order valence-corrected chi connectivity index (χ0v) is 24.2. The van der Waals surface area contributed by atoms with Gasteiger partial charge in [0.2, 0.25) is 16.0 Å². The summed E-state index contributed by atoms with van der Waals surface area (Å²) in [7, 11) is -2.15. The van der Waals surface area contributed by atoms with Crippen molar-refractivity contribution in [1.82, 2.24) is 14.9 Å². The summed E-state index contributed by atoms with van der Waals surface area (Å²) in [6.45, 7) is 4.71. The molecule has 0 bridgehead atoms. The number of sulfonamides is 1. The number of piperidine rings is 1. The molecule has 1 saturated heterocycles. The van der Waals surface area contributed by atoms with Gasteiger partial charge in [0.25, 0.3) is 0 Å². The monoisotopic (exact) mass is 603 g/mol. The molecular weight excluding hydrogens is 571 g/mol. The number of carbonyl (C=O) groups excluding carboxylic acids is 1. The first-order chi connectivity index (χ1) is 19.9. The number of alkyl halides is 1. The number of nitrogens with one attached hydrogen (secondary N) is 2. The Balaban J connectivity index is 1.35. The molecule has 224 valence electrons. The van der Waals surface area contributed by atoms with Gasteiger partial charge in [0.15, 0.2) is 0 Å². The number of aromatic nitrogens is 2. The van der Waals surface area contributed by atoms with E-state index in [0.29, 0.717) is 36.5 Å². The van der Waals surface area contributed by atoms with Crippen molar-refractivity contribution < 1.29 is 26.4 Å². The molecule has 0 unspecified atom stereocenters. The standard InChI is InChI=1S/C28H32F3N7O3S/c1-17(2)38-26-19(12-32-27(34-26)33-22-10-21(30)14-36(3)15-22)13-37(28(38)39)23-8-9-25(24(31)11-23)35-42(40,41)16-18-4-6-20(29)7-5-18/h4-9,11-12,17,21-22,35H,10,13-16H2,1-3H3,(H,32,33,34)/t21-,22-/m0/s1.